The predicted molar refractivity (Wildman–Crippen MR) is 122 cm³/mol. The molecule has 1 amide bonds. The Hall–Kier alpha value is -3.13. The third-order valence-corrected chi connectivity index (χ3v) is 5.09. The van der Waals surface area contributed by atoms with Crippen LogP contribution in [0.15, 0.2) is 47.5 Å². The molecule has 1 unspecified atom stereocenters. The second kappa shape index (κ2) is 12.0. The summed E-state index contributed by atoms with van der Waals surface area (Å²) < 4.78 is 24.5. The van der Waals surface area contributed by atoms with Gasteiger partial charge in [0.15, 0.2) is 5.96 Å². The molecule has 32 heavy (non-hydrogen) atoms. The standard InChI is InChI=1S/C24H31FN4O3/c1-17-3-6-19(22(13-17)32-21-9-12-31-16-21)15-29-24(26-2)28-11-10-27-23(30)14-18-4-7-20(25)8-5-18/h3-8,13,21H,9-12,14-16H2,1-2H3,(H,27,30)(H2,26,28,29). The molecule has 7 nitrogen and oxygen atoms in total. The molecule has 0 spiro atoms. The van der Waals surface area contributed by atoms with Gasteiger partial charge in [0.05, 0.1) is 19.6 Å². The molecule has 3 rings (SSSR count). The van der Waals surface area contributed by atoms with Crippen LogP contribution in [0.3, 0.4) is 0 Å². The topological polar surface area (TPSA) is 84.0 Å². The Labute approximate surface area is 188 Å². The lowest BCUT2D eigenvalue weighted by Gasteiger charge is -2.18. The summed E-state index contributed by atoms with van der Waals surface area (Å²) in [5, 5.41) is 9.31. The Morgan fingerprint density at radius 3 is 2.66 bits per heavy atom. The van der Waals surface area contributed by atoms with Gasteiger partial charge in [0.25, 0.3) is 0 Å². The number of carbonyl (C=O) groups is 1. The molecule has 1 aliphatic heterocycles. The minimum Gasteiger partial charge on any atom is -0.488 e. The van der Waals surface area contributed by atoms with Gasteiger partial charge in [-0.25, -0.2) is 4.39 Å². The summed E-state index contributed by atoms with van der Waals surface area (Å²) in [5.74, 6) is 1.07. The van der Waals surface area contributed by atoms with Gasteiger partial charge in [0.2, 0.25) is 5.91 Å². The second-order valence-electron chi connectivity index (χ2n) is 7.72. The number of hydrogen-bond donors (Lipinski definition) is 3. The van der Waals surface area contributed by atoms with Crippen molar-refractivity contribution >= 4 is 11.9 Å². The lowest BCUT2D eigenvalue weighted by molar-refractivity contribution is -0.120. The lowest BCUT2D eigenvalue weighted by Crippen LogP contribution is -2.41. The van der Waals surface area contributed by atoms with Crippen molar-refractivity contribution < 1.29 is 18.7 Å². The molecule has 172 valence electrons. The Balaban J connectivity index is 1.41. The number of rotatable bonds is 9. The first-order valence-corrected chi connectivity index (χ1v) is 10.8. The number of hydrogen-bond acceptors (Lipinski definition) is 4. The van der Waals surface area contributed by atoms with Crippen LogP contribution in [0, 0.1) is 12.7 Å². The zero-order chi connectivity index (χ0) is 22.8. The molecule has 2 aromatic carbocycles. The van der Waals surface area contributed by atoms with E-state index < -0.39 is 0 Å². The number of nitrogens with one attached hydrogen (secondary N) is 3. The molecule has 0 bridgehead atoms. The van der Waals surface area contributed by atoms with E-state index in [9.17, 15) is 9.18 Å². The average molecular weight is 443 g/mol. The fourth-order valence-corrected chi connectivity index (χ4v) is 3.34. The minimum absolute atomic E-state index is 0.0894. The highest BCUT2D eigenvalue weighted by Gasteiger charge is 2.18. The lowest BCUT2D eigenvalue weighted by atomic mass is 10.1. The van der Waals surface area contributed by atoms with Gasteiger partial charge >= 0.3 is 0 Å². The van der Waals surface area contributed by atoms with Crippen LogP contribution in [-0.4, -0.2) is 51.3 Å². The number of carbonyl (C=O) groups excluding carboxylic acids is 1. The highest BCUT2D eigenvalue weighted by Crippen LogP contribution is 2.23. The van der Waals surface area contributed by atoms with Crippen molar-refractivity contribution in [3.05, 3.63) is 65.0 Å². The number of nitrogens with zero attached hydrogens (tertiary/aromatic N) is 1. The number of amides is 1. The van der Waals surface area contributed by atoms with Crippen molar-refractivity contribution in [2.45, 2.75) is 32.4 Å². The summed E-state index contributed by atoms with van der Waals surface area (Å²) in [6.07, 6.45) is 1.21. The Bertz CT molecular complexity index is 912. The van der Waals surface area contributed by atoms with Crippen LogP contribution in [0.1, 0.15) is 23.1 Å². The van der Waals surface area contributed by atoms with Gasteiger partial charge in [-0.05, 0) is 36.2 Å². The number of aryl methyl sites for hydroxylation is 1. The molecule has 0 aromatic heterocycles. The SMILES string of the molecule is CN=C(NCCNC(=O)Cc1ccc(F)cc1)NCc1ccc(C)cc1OC1CCOC1. The molecule has 1 atom stereocenters. The molecule has 1 saturated heterocycles. The van der Waals surface area contributed by atoms with Crippen LogP contribution in [0.4, 0.5) is 4.39 Å². The number of aliphatic imine (C=N–C) groups is 1. The fourth-order valence-electron chi connectivity index (χ4n) is 3.34. The van der Waals surface area contributed by atoms with Crippen LogP contribution in [0.5, 0.6) is 5.75 Å². The Kier molecular flexibility index (Phi) is 8.86. The zero-order valence-electron chi connectivity index (χ0n) is 18.6. The molecule has 8 heteroatoms. The summed E-state index contributed by atoms with van der Waals surface area (Å²) in [6.45, 7) is 4.92. The van der Waals surface area contributed by atoms with Crippen molar-refractivity contribution in [1.82, 2.24) is 16.0 Å². The first-order valence-electron chi connectivity index (χ1n) is 10.8. The molecule has 2 aromatic rings. The van der Waals surface area contributed by atoms with E-state index in [4.69, 9.17) is 9.47 Å². The van der Waals surface area contributed by atoms with Crippen molar-refractivity contribution in [3.8, 4) is 5.75 Å². The van der Waals surface area contributed by atoms with Crippen LogP contribution < -0.4 is 20.7 Å². The molecular formula is C24H31FN4O3. The Morgan fingerprint density at radius 1 is 1.16 bits per heavy atom. The second-order valence-corrected chi connectivity index (χ2v) is 7.72. The van der Waals surface area contributed by atoms with E-state index in [1.165, 1.54) is 12.1 Å². The maximum Gasteiger partial charge on any atom is 0.224 e. The molecule has 0 radical (unpaired) electrons. The largest absolute Gasteiger partial charge is 0.488 e. The van der Waals surface area contributed by atoms with Gasteiger partial charge in [-0.1, -0.05) is 24.3 Å². The van der Waals surface area contributed by atoms with Gasteiger partial charge in [-0.15, -0.1) is 0 Å². The van der Waals surface area contributed by atoms with Gasteiger partial charge in [0, 0.05) is 38.7 Å². The highest BCUT2D eigenvalue weighted by atomic mass is 19.1. The van der Waals surface area contributed by atoms with Crippen LogP contribution in [-0.2, 0) is 22.5 Å². The van der Waals surface area contributed by atoms with Crippen LogP contribution in [0.2, 0.25) is 0 Å². The predicted octanol–water partition coefficient (Wildman–Crippen LogP) is 2.33. The summed E-state index contributed by atoms with van der Waals surface area (Å²) >= 11 is 0. The maximum absolute atomic E-state index is 12.9. The van der Waals surface area contributed by atoms with Crippen LogP contribution >= 0.6 is 0 Å². The third-order valence-electron chi connectivity index (χ3n) is 5.09. The monoisotopic (exact) mass is 442 g/mol. The summed E-state index contributed by atoms with van der Waals surface area (Å²) in [6, 6.07) is 12.1. The third kappa shape index (κ3) is 7.53. The molecular weight excluding hydrogens is 411 g/mol. The molecule has 0 saturated carbocycles. The number of guanidine groups is 1. The molecule has 0 aliphatic carbocycles. The fraction of sp³-hybridized carbons (Fsp3) is 0.417. The average Bonchev–Trinajstić information content (AvgIpc) is 3.29. The Morgan fingerprint density at radius 2 is 1.94 bits per heavy atom. The smallest absolute Gasteiger partial charge is 0.224 e. The maximum atomic E-state index is 12.9. The summed E-state index contributed by atoms with van der Waals surface area (Å²) in [4.78, 5) is 16.3. The van der Waals surface area contributed by atoms with E-state index in [0.29, 0.717) is 32.2 Å². The zero-order valence-corrected chi connectivity index (χ0v) is 18.6. The number of halogens is 1. The van der Waals surface area contributed by atoms with Gasteiger partial charge in [0.1, 0.15) is 17.7 Å². The van der Waals surface area contributed by atoms with E-state index in [1.807, 2.05) is 13.0 Å². The molecule has 1 aliphatic rings. The van der Waals surface area contributed by atoms with E-state index in [2.05, 4.69) is 33.1 Å². The summed E-state index contributed by atoms with van der Waals surface area (Å²) in [5.41, 5.74) is 2.95. The van der Waals surface area contributed by atoms with E-state index in [0.717, 1.165) is 35.5 Å². The molecule has 1 heterocycles. The normalized spacial score (nSPS) is 16.0. The first-order chi connectivity index (χ1) is 15.5. The molecule has 1 fully saturated rings. The van der Waals surface area contributed by atoms with E-state index in [-0.39, 0.29) is 24.2 Å². The van der Waals surface area contributed by atoms with Crippen molar-refractivity contribution in [1.29, 1.82) is 0 Å². The molecule has 3 N–H and O–H groups in total. The van der Waals surface area contributed by atoms with Gasteiger partial charge in [-0.3, -0.25) is 9.79 Å². The van der Waals surface area contributed by atoms with Crippen molar-refractivity contribution in [3.63, 3.8) is 0 Å². The quantitative estimate of drug-likeness (QED) is 0.315. The number of benzene rings is 2. The number of ether oxygens (including phenoxy) is 2. The summed E-state index contributed by atoms with van der Waals surface area (Å²) in [7, 11) is 1.70. The minimum atomic E-state index is -0.311. The highest BCUT2D eigenvalue weighted by molar-refractivity contribution is 5.80. The first kappa shape index (κ1) is 23.5. The van der Waals surface area contributed by atoms with E-state index in [1.54, 1.807) is 19.2 Å². The van der Waals surface area contributed by atoms with Gasteiger partial charge in [-0.2, -0.15) is 0 Å². The van der Waals surface area contributed by atoms with Crippen molar-refractivity contribution in [2.75, 3.05) is 33.4 Å². The van der Waals surface area contributed by atoms with E-state index >= 15 is 0 Å². The van der Waals surface area contributed by atoms with Crippen LogP contribution in [0.25, 0.3) is 0 Å². The van der Waals surface area contributed by atoms with Gasteiger partial charge < -0.3 is 25.4 Å². The van der Waals surface area contributed by atoms with Crippen molar-refractivity contribution in [2.24, 2.45) is 4.99 Å².